The van der Waals surface area contributed by atoms with E-state index < -0.39 is 5.72 Å². The Morgan fingerprint density at radius 3 is 2.51 bits per heavy atom. The monoisotopic (exact) mass is 528 g/mol. The number of carbonyl (C=O) groups excluding carboxylic acids is 1. The first-order valence-corrected chi connectivity index (χ1v) is 14.5. The lowest BCUT2D eigenvalue weighted by atomic mass is 9.94. The van der Waals surface area contributed by atoms with Gasteiger partial charge in [0, 0.05) is 61.4 Å². The summed E-state index contributed by atoms with van der Waals surface area (Å²) in [5.74, 6) is 1.74. The van der Waals surface area contributed by atoms with Gasteiger partial charge < -0.3 is 29.6 Å². The number of aryl methyl sites for hydroxylation is 1. The highest BCUT2D eigenvalue weighted by molar-refractivity contribution is 6.02. The van der Waals surface area contributed by atoms with Gasteiger partial charge in [-0.25, -0.2) is 0 Å². The molecule has 3 aliphatic rings. The van der Waals surface area contributed by atoms with E-state index >= 15 is 0 Å². The molecule has 1 aliphatic carbocycles. The van der Waals surface area contributed by atoms with Crippen molar-refractivity contribution in [1.29, 1.82) is 0 Å². The second-order valence-corrected chi connectivity index (χ2v) is 11.2. The highest BCUT2D eigenvalue weighted by Gasteiger charge is 2.44. The van der Waals surface area contributed by atoms with Gasteiger partial charge in [-0.15, -0.1) is 0 Å². The largest absolute Gasteiger partial charge is 0.495 e. The van der Waals surface area contributed by atoms with Gasteiger partial charge in [-0.2, -0.15) is 0 Å². The third kappa shape index (κ3) is 4.62. The lowest BCUT2D eigenvalue weighted by molar-refractivity contribution is -0.0148. The van der Waals surface area contributed by atoms with Crippen LogP contribution in [0.15, 0.2) is 42.0 Å². The zero-order valence-corrected chi connectivity index (χ0v) is 23.7. The lowest BCUT2D eigenvalue weighted by Crippen LogP contribution is -2.59. The molecular weight excluding hydrogens is 488 g/mol. The minimum Gasteiger partial charge on any atom is -0.495 e. The number of aromatic amines is 1. The van der Waals surface area contributed by atoms with E-state index in [0.29, 0.717) is 18.8 Å². The number of piperidine rings is 1. The Bertz CT molecular complexity index is 1420. The number of hydrogen-bond acceptors (Lipinski definition) is 5. The molecule has 1 spiro atoms. The Morgan fingerprint density at radius 1 is 1.10 bits per heavy atom. The van der Waals surface area contributed by atoms with Crippen LogP contribution in [0.5, 0.6) is 11.5 Å². The van der Waals surface area contributed by atoms with Gasteiger partial charge in [0.2, 0.25) is 0 Å². The van der Waals surface area contributed by atoms with Gasteiger partial charge in [-0.1, -0.05) is 26.0 Å². The SMILES string of the molecule is CCCN(CCC)c1ccc2c(c1)C(=C1CC1)NC1(CCN(C(=O)c3[nH]c4c(OC)cccc4c3C)CC1)O2. The van der Waals surface area contributed by atoms with Crippen LogP contribution in [0.25, 0.3) is 16.6 Å². The zero-order valence-electron chi connectivity index (χ0n) is 23.7. The van der Waals surface area contributed by atoms with Crippen molar-refractivity contribution in [3.8, 4) is 11.5 Å². The molecule has 2 aliphatic heterocycles. The van der Waals surface area contributed by atoms with Gasteiger partial charge in [-0.3, -0.25) is 4.79 Å². The number of fused-ring (bicyclic) bond motifs is 2. The first-order valence-electron chi connectivity index (χ1n) is 14.5. The average Bonchev–Trinajstić information content (AvgIpc) is 3.75. The minimum atomic E-state index is -0.485. The summed E-state index contributed by atoms with van der Waals surface area (Å²) in [6.45, 7) is 9.86. The van der Waals surface area contributed by atoms with Crippen LogP contribution in [0.4, 0.5) is 5.69 Å². The van der Waals surface area contributed by atoms with Gasteiger partial charge >= 0.3 is 0 Å². The molecule has 3 heterocycles. The summed E-state index contributed by atoms with van der Waals surface area (Å²) >= 11 is 0. The number of para-hydroxylation sites is 1. The number of carbonyl (C=O) groups is 1. The maximum absolute atomic E-state index is 13.6. The number of nitrogens with zero attached hydrogens (tertiary/aromatic N) is 2. The molecule has 1 saturated carbocycles. The van der Waals surface area contributed by atoms with Crippen LogP contribution >= 0.6 is 0 Å². The van der Waals surface area contributed by atoms with E-state index in [1.165, 1.54) is 22.5 Å². The molecule has 2 fully saturated rings. The van der Waals surface area contributed by atoms with E-state index in [-0.39, 0.29) is 5.91 Å². The Labute approximate surface area is 231 Å². The van der Waals surface area contributed by atoms with Crippen LogP contribution in [0, 0.1) is 6.92 Å². The third-order valence-electron chi connectivity index (χ3n) is 8.44. The second-order valence-electron chi connectivity index (χ2n) is 11.2. The molecule has 39 heavy (non-hydrogen) atoms. The van der Waals surface area contributed by atoms with E-state index in [4.69, 9.17) is 9.47 Å². The van der Waals surface area contributed by atoms with Gasteiger partial charge in [-0.05, 0) is 68.0 Å². The number of nitrogens with one attached hydrogen (secondary N) is 2. The molecule has 0 atom stereocenters. The van der Waals surface area contributed by atoms with Crippen molar-refractivity contribution >= 4 is 28.2 Å². The topological polar surface area (TPSA) is 69.8 Å². The number of amides is 1. The molecule has 206 valence electrons. The molecule has 1 aromatic heterocycles. The fourth-order valence-corrected chi connectivity index (χ4v) is 6.20. The first kappa shape index (κ1) is 25.7. The Hall–Kier alpha value is -3.61. The molecule has 3 aromatic rings. The molecule has 7 heteroatoms. The van der Waals surface area contributed by atoms with E-state index in [9.17, 15) is 4.79 Å². The van der Waals surface area contributed by atoms with Crippen LogP contribution in [0.3, 0.4) is 0 Å². The van der Waals surface area contributed by atoms with Crippen LogP contribution in [-0.4, -0.2) is 54.8 Å². The van der Waals surface area contributed by atoms with Crippen molar-refractivity contribution in [2.45, 2.75) is 65.0 Å². The van der Waals surface area contributed by atoms with Crippen molar-refractivity contribution in [2.75, 3.05) is 38.2 Å². The van der Waals surface area contributed by atoms with Crippen molar-refractivity contribution < 1.29 is 14.3 Å². The van der Waals surface area contributed by atoms with Gasteiger partial charge in [0.1, 0.15) is 17.2 Å². The van der Waals surface area contributed by atoms with Crippen LogP contribution in [0.2, 0.25) is 0 Å². The minimum absolute atomic E-state index is 0.0363. The Morgan fingerprint density at radius 2 is 1.85 bits per heavy atom. The van der Waals surface area contributed by atoms with E-state index in [0.717, 1.165) is 79.6 Å². The quantitative estimate of drug-likeness (QED) is 0.380. The second kappa shape index (κ2) is 10.2. The summed E-state index contributed by atoms with van der Waals surface area (Å²) in [6.07, 6.45) is 6.01. The summed E-state index contributed by atoms with van der Waals surface area (Å²) in [6, 6.07) is 12.6. The number of likely N-dealkylation sites (tertiary alicyclic amines) is 1. The number of H-pyrrole nitrogens is 1. The van der Waals surface area contributed by atoms with Crippen LogP contribution in [0.1, 0.15) is 74.0 Å². The Kier molecular flexibility index (Phi) is 6.69. The predicted molar refractivity (Wildman–Crippen MR) is 157 cm³/mol. The molecular formula is C32H40N4O3. The zero-order chi connectivity index (χ0) is 27.1. The number of aromatic nitrogens is 1. The maximum atomic E-state index is 13.6. The first-order chi connectivity index (χ1) is 19.0. The normalized spacial score (nSPS) is 17.6. The molecule has 2 N–H and O–H groups in total. The summed E-state index contributed by atoms with van der Waals surface area (Å²) in [4.78, 5) is 21.4. The van der Waals surface area contributed by atoms with E-state index in [1.54, 1.807) is 7.11 Å². The standard InChI is InChI=1S/C32H40N4O3/c1-5-16-35(17-6-2)23-12-13-26-25(20-23)29(22-10-11-22)34-32(39-26)14-18-36(19-15-32)31(37)28-21(3)24-8-7-9-27(38-4)30(24)33-28/h7-9,12-13,20,33-34H,5-6,10-11,14-19H2,1-4H3. The number of anilines is 1. The molecule has 0 bridgehead atoms. The molecule has 1 amide bonds. The third-order valence-corrected chi connectivity index (χ3v) is 8.44. The number of rotatable bonds is 7. The number of ether oxygens (including phenoxy) is 2. The van der Waals surface area contributed by atoms with Crippen molar-refractivity contribution in [2.24, 2.45) is 0 Å². The van der Waals surface area contributed by atoms with Crippen LogP contribution in [-0.2, 0) is 0 Å². The number of allylic oxidation sites excluding steroid dienone is 1. The molecule has 0 unspecified atom stereocenters. The van der Waals surface area contributed by atoms with Crippen LogP contribution < -0.4 is 19.7 Å². The van der Waals surface area contributed by atoms with Crippen molar-refractivity contribution in [1.82, 2.24) is 15.2 Å². The predicted octanol–water partition coefficient (Wildman–Crippen LogP) is 6.23. The van der Waals surface area contributed by atoms with Gasteiger partial charge in [0.15, 0.2) is 5.72 Å². The fraction of sp³-hybridized carbons (Fsp3) is 0.469. The van der Waals surface area contributed by atoms with E-state index in [2.05, 4.69) is 47.2 Å². The smallest absolute Gasteiger partial charge is 0.270 e. The summed E-state index contributed by atoms with van der Waals surface area (Å²) in [5.41, 5.74) is 7.19. The fourth-order valence-electron chi connectivity index (χ4n) is 6.20. The summed E-state index contributed by atoms with van der Waals surface area (Å²) in [5, 5.41) is 4.87. The molecule has 2 aromatic carbocycles. The highest BCUT2D eigenvalue weighted by atomic mass is 16.5. The lowest BCUT2D eigenvalue weighted by Gasteiger charge is -2.46. The van der Waals surface area contributed by atoms with Gasteiger partial charge in [0.25, 0.3) is 5.91 Å². The maximum Gasteiger partial charge on any atom is 0.270 e. The molecule has 0 radical (unpaired) electrons. The summed E-state index contributed by atoms with van der Waals surface area (Å²) < 4.78 is 12.2. The Balaban J connectivity index is 1.22. The van der Waals surface area contributed by atoms with Gasteiger partial charge in [0.05, 0.1) is 12.6 Å². The number of hydrogen-bond donors (Lipinski definition) is 2. The highest BCUT2D eigenvalue weighted by Crippen LogP contribution is 2.45. The van der Waals surface area contributed by atoms with Crippen molar-refractivity contribution in [3.63, 3.8) is 0 Å². The summed E-state index contributed by atoms with van der Waals surface area (Å²) in [7, 11) is 1.66. The molecule has 7 nitrogen and oxygen atoms in total. The van der Waals surface area contributed by atoms with Crippen molar-refractivity contribution in [3.05, 3.63) is 58.8 Å². The number of benzene rings is 2. The average molecular weight is 529 g/mol. The molecule has 1 saturated heterocycles. The molecule has 6 rings (SSSR count). The number of methoxy groups -OCH3 is 1. The van der Waals surface area contributed by atoms with E-state index in [1.807, 2.05) is 30.0 Å².